The highest BCUT2D eigenvalue weighted by molar-refractivity contribution is 5.93. The Kier molecular flexibility index (Phi) is 5.82. The van der Waals surface area contributed by atoms with Crippen LogP contribution >= 0.6 is 0 Å². The Labute approximate surface area is 184 Å². The van der Waals surface area contributed by atoms with Gasteiger partial charge in [-0.2, -0.15) is 5.10 Å². The molecule has 0 unspecified atom stereocenters. The molecule has 0 saturated carbocycles. The van der Waals surface area contributed by atoms with Gasteiger partial charge in [-0.15, -0.1) is 0 Å². The van der Waals surface area contributed by atoms with Crippen molar-refractivity contribution in [3.8, 4) is 17.0 Å². The molecule has 1 aromatic carbocycles. The molecule has 0 fully saturated rings. The van der Waals surface area contributed by atoms with Gasteiger partial charge in [-0.05, 0) is 44.7 Å². The summed E-state index contributed by atoms with van der Waals surface area (Å²) in [7, 11) is 0. The lowest BCUT2D eigenvalue weighted by atomic mass is 9.91. The summed E-state index contributed by atoms with van der Waals surface area (Å²) in [6.45, 7) is 6.49. The summed E-state index contributed by atoms with van der Waals surface area (Å²) in [4.78, 5) is 28.6. The van der Waals surface area contributed by atoms with Crippen LogP contribution in [0.5, 0.6) is 5.75 Å². The molecule has 0 saturated heterocycles. The number of nitrogens with zero attached hydrogens (tertiary/aromatic N) is 3. The molecule has 1 aliphatic rings. The molecular weight excluding hydrogens is 415 g/mol. The zero-order valence-electron chi connectivity index (χ0n) is 18.3. The number of carbonyl (C=O) groups excluding carboxylic acids is 1. The van der Waals surface area contributed by atoms with Crippen LogP contribution in [-0.4, -0.2) is 44.7 Å². The maximum atomic E-state index is 15.0. The molecule has 0 aliphatic carbocycles. The fraction of sp³-hybridized carbons (Fsp3) is 0.391. The summed E-state index contributed by atoms with van der Waals surface area (Å²) in [5.41, 5.74) is 3.98. The third-order valence-corrected chi connectivity index (χ3v) is 5.69. The quantitative estimate of drug-likeness (QED) is 0.610. The van der Waals surface area contributed by atoms with Crippen LogP contribution in [0.1, 0.15) is 52.6 Å². The van der Waals surface area contributed by atoms with E-state index in [0.29, 0.717) is 47.7 Å². The van der Waals surface area contributed by atoms with Crippen LogP contribution in [0.25, 0.3) is 16.9 Å². The average Bonchev–Trinajstić information content (AvgIpc) is 3.18. The van der Waals surface area contributed by atoms with E-state index in [4.69, 9.17) is 4.74 Å². The monoisotopic (exact) mass is 440 g/mol. The minimum Gasteiger partial charge on any atom is -0.490 e. The molecule has 2 N–H and O–H groups in total. The SMILES string of the molecule is CCCNC(=O)c1cc2nc(C)c(CC(=O)O)c(-c3cc(F)c4c(c3C)CCCO4)n2n1. The number of amides is 1. The summed E-state index contributed by atoms with van der Waals surface area (Å²) >= 11 is 0. The van der Waals surface area contributed by atoms with Crippen molar-refractivity contribution in [1.82, 2.24) is 19.9 Å². The zero-order chi connectivity index (χ0) is 23.0. The van der Waals surface area contributed by atoms with Crippen LogP contribution in [0.3, 0.4) is 0 Å². The third kappa shape index (κ3) is 3.79. The maximum Gasteiger partial charge on any atom is 0.307 e. The van der Waals surface area contributed by atoms with E-state index in [0.717, 1.165) is 24.0 Å². The van der Waals surface area contributed by atoms with Crippen molar-refractivity contribution in [1.29, 1.82) is 0 Å². The van der Waals surface area contributed by atoms with E-state index in [1.807, 2.05) is 13.8 Å². The van der Waals surface area contributed by atoms with E-state index in [1.54, 1.807) is 13.0 Å². The first-order valence-electron chi connectivity index (χ1n) is 10.7. The van der Waals surface area contributed by atoms with Gasteiger partial charge in [0.15, 0.2) is 22.9 Å². The minimum atomic E-state index is -1.04. The summed E-state index contributed by atoms with van der Waals surface area (Å²) in [6, 6.07) is 2.91. The normalized spacial score (nSPS) is 13.0. The molecule has 4 rings (SSSR count). The number of aliphatic carboxylic acids is 1. The van der Waals surface area contributed by atoms with Gasteiger partial charge in [0.2, 0.25) is 0 Å². The first-order chi connectivity index (χ1) is 15.3. The van der Waals surface area contributed by atoms with Crippen LogP contribution in [0.15, 0.2) is 12.1 Å². The Morgan fingerprint density at radius 3 is 2.81 bits per heavy atom. The van der Waals surface area contributed by atoms with Crippen molar-refractivity contribution in [3.05, 3.63) is 46.0 Å². The second kappa shape index (κ2) is 8.57. The molecule has 168 valence electrons. The van der Waals surface area contributed by atoms with E-state index < -0.39 is 11.8 Å². The van der Waals surface area contributed by atoms with Gasteiger partial charge in [0.25, 0.3) is 5.91 Å². The largest absolute Gasteiger partial charge is 0.490 e. The number of fused-ring (bicyclic) bond motifs is 2. The number of benzene rings is 1. The topological polar surface area (TPSA) is 106 Å². The summed E-state index contributed by atoms with van der Waals surface area (Å²) < 4.78 is 22.0. The van der Waals surface area contributed by atoms with Crippen molar-refractivity contribution in [2.75, 3.05) is 13.2 Å². The number of carbonyl (C=O) groups is 2. The lowest BCUT2D eigenvalue weighted by Crippen LogP contribution is -2.24. The van der Waals surface area contributed by atoms with Gasteiger partial charge < -0.3 is 15.2 Å². The Morgan fingerprint density at radius 2 is 2.09 bits per heavy atom. The van der Waals surface area contributed by atoms with E-state index in [9.17, 15) is 14.7 Å². The maximum absolute atomic E-state index is 15.0. The average molecular weight is 440 g/mol. The Bertz CT molecular complexity index is 1230. The summed E-state index contributed by atoms with van der Waals surface area (Å²) in [6.07, 6.45) is 1.90. The Morgan fingerprint density at radius 1 is 1.31 bits per heavy atom. The lowest BCUT2D eigenvalue weighted by molar-refractivity contribution is -0.136. The van der Waals surface area contributed by atoms with Gasteiger partial charge in [-0.1, -0.05) is 6.92 Å². The van der Waals surface area contributed by atoms with E-state index in [-0.39, 0.29) is 23.8 Å². The van der Waals surface area contributed by atoms with Crippen LogP contribution in [0.2, 0.25) is 0 Å². The zero-order valence-corrected chi connectivity index (χ0v) is 18.3. The van der Waals surface area contributed by atoms with Crippen LogP contribution < -0.4 is 10.1 Å². The predicted octanol–water partition coefficient (Wildman–Crippen LogP) is 3.24. The third-order valence-electron chi connectivity index (χ3n) is 5.69. The van der Waals surface area contributed by atoms with Crippen LogP contribution in [0, 0.1) is 19.7 Å². The van der Waals surface area contributed by atoms with Gasteiger partial charge >= 0.3 is 5.97 Å². The summed E-state index contributed by atoms with van der Waals surface area (Å²) in [5.74, 6) is -1.64. The standard InChI is InChI=1S/C23H25FN4O4/c1-4-7-25-23(31)18-11-19-26-13(3)16(10-20(29)30)21(28(19)27-18)15-9-17(24)22-14(12(15)2)6-5-8-32-22/h9,11H,4-8,10H2,1-3H3,(H,25,31)(H,29,30). The number of rotatable bonds is 6. The molecule has 8 nitrogen and oxygen atoms in total. The van der Waals surface area contributed by atoms with Gasteiger partial charge in [0.05, 0.1) is 18.7 Å². The number of nitrogens with one attached hydrogen (secondary N) is 1. The molecular formula is C23H25FN4O4. The molecule has 0 atom stereocenters. The summed E-state index contributed by atoms with van der Waals surface area (Å²) in [5, 5.41) is 16.7. The Hall–Kier alpha value is -3.49. The lowest BCUT2D eigenvalue weighted by Gasteiger charge is -2.23. The van der Waals surface area contributed by atoms with E-state index in [1.165, 1.54) is 10.6 Å². The fourth-order valence-electron chi connectivity index (χ4n) is 4.14. The molecule has 0 radical (unpaired) electrons. The molecule has 0 bridgehead atoms. The number of halogens is 1. The number of ether oxygens (including phenoxy) is 1. The highest BCUT2D eigenvalue weighted by atomic mass is 19.1. The second-order valence-electron chi connectivity index (χ2n) is 7.94. The van der Waals surface area contributed by atoms with E-state index >= 15 is 4.39 Å². The number of carboxylic acids is 1. The second-order valence-corrected chi connectivity index (χ2v) is 7.94. The van der Waals surface area contributed by atoms with Crippen LogP contribution in [0.4, 0.5) is 4.39 Å². The molecule has 1 aliphatic heterocycles. The highest BCUT2D eigenvalue weighted by Gasteiger charge is 2.26. The van der Waals surface area contributed by atoms with Crippen LogP contribution in [-0.2, 0) is 17.6 Å². The van der Waals surface area contributed by atoms with Crippen molar-refractivity contribution in [2.45, 2.75) is 46.5 Å². The Balaban J connectivity index is 2.00. The van der Waals surface area contributed by atoms with Gasteiger partial charge in [-0.3, -0.25) is 9.59 Å². The first-order valence-corrected chi connectivity index (χ1v) is 10.7. The molecule has 32 heavy (non-hydrogen) atoms. The van der Waals surface area contributed by atoms with Crippen molar-refractivity contribution < 1.29 is 23.8 Å². The van der Waals surface area contributed by atoms with Crippen molar-refractivity contribution in [3.63, 3.8) is 0 Å². The molecule has 0 spiro atoms. The first kappa shape index (κ1) is 21.7. The number of aromatic nitrogens is 3. The van der Waals surface area contributed by atoms with Crippen molar-refractivity contribution in [2.24, 2.45) is 0 Å². The van der Waals surface area contributed by atoms with Gasteiger partial charge in [0.1, 0.15) is 0 Å². The molecule has 9 heteroatoms. The number of hydrogen-bond acceptors (Lipinski definition) is 5. The van der Waals surface area contributed by atoms with E-state index in [2.05, 4.69) is 15.4 Å². The smallest absolute Gasteiger partial charge is 0.307 e. The number of hydrogen-bond donors (Lipinski definition) is 2. The van der Waals surface area contributed by atoms with Gasteiger partial charge in [-0.25, -0.2) is 13.9 Å². The molecule has 3 heterocycles. The fourth-order valence-corrected chi connectivity index (χ4v) is 4.14. The minimum absolute atomic E-state index is 0.165. The predicted molar refractivity (Wildman–Crippen MR) is 116 cm³/mol. The molecule has 3 aromatic rings. The van der Waals surface area contributed by atoms with Crippen molar-refractivity contribution >= 4 is 17.5 Å². The molecule has 2 aromatic heterocycles. The molecule has 1 amide bonds. The number of aryl methyl sites for hydroxylation is 1. The highest BCUT2D eigenvalue weighted by Crippen LogP contribution is 2.39. The van der Waals surface area contributed by atoms with Gasteiger partial charge in [0, 0.05) is 35.0 Å². The number of carboxylic acid groups (broad SMARTS) is 1.